The highest BCUT2D eigenvalue weighted by Crippen LogP contribution is 2.17. The average Bonchev–Trinajstić information content (AvgIpc) is 2.79. The van der Waals surface area contributed by atoms with Crippen molar-refractivity contribution in [1.82, 2.24) is 5.32 Å². The standard InChI is InChI=1S/C14H19NO2/c1-2-15-13-10-17-9-12(13)14(16)8-11-6-4-3-5-7-11/h3-7,12-13,15H,2,8-10H2,1H3. The third kappa shape index (κ3) is 3.14. The number of ether oxygens (including phenoxy) is 1. The van der Waals surface area contributed by atoms with Crippen LogP contribution < -0.4 is 5.32 Å². The minimum atomic E-state index is 0.00940. The molecule has 0 spiro atoms. The molecule has 2 atom stereocenters. The van der Waals surface area contributed by atoms with E-state index in [1.165, 1.54) is 0 Å². The summed E-state index contributed by atoms with van der Waals surface area (Å²) in [6, 6.07) is 10.1. The molecular formula is C14H19NO2. The molecule has 3 heteroatoms. The number of nitrogens with one attached hydrogen (secondary N) is 1. The molecule has 1 heterocycles. The van der Waals surface area contributed by atoms with Crippen molar-refractivity contribution in [3.05, 3.63) is 35.9 Å². The van der Waals surface area contributed by atoms with Crippen molar-refractivity contribution in [3.8, 4) is 0 Å². The summed E-state index contributed by atoms with van der Waals surface area (Å²) in [5, 5.41) is 3.32. The number of carbonyl (C=O) groups is 1. The normalized spacial score (nSPS) is 23.8. The highest BCUT2D eigenvalue weighted by atomic mass is 16.5. The van der Waals surface area contributed by atoms with Gasteiger partial charge in [-0.1, -0.05) is 37.3 Å². The van der Waals surface area contributed by atoms with E-state index in [0.29, 0.717) is 19.6 Å². The molecule has 0 aliphatic carbocycles. The lowest BCUT2D eigenvalue weighted by Gasteiger charge is -2.17. The van der Waals surface area contributed by atoms with Crippen LogP contribution in [0.15, 0.2) is 30.3 Å². The Morgan fingerprint density at radius 2 is 2.12 bits per heavy atom. The van der Waals surface area contributed by atoms with E-state index >= 15 is 0 Å². The van der Waals surface area contributed by atoms with Gasteiger partial charge in [0.15, 0.2) is 0 Å². The van der Waals surface area contributed by atoms with Gasteiger partial charge in [0.05, 0.1) is 19.1 Å². The van der Waals surface area contributed by atoms with Gasteiger partial charge in [-0.05, 0) is 12.1 Å². The first-order chi connectivity index (χ1) is 8.31. The summed E-state index contributed by atoms with van der Waals surface area (Å²) in [5.74, 6) is 0.287. The van der Waals surface area contributed by atoms with E-state index in [0.717, 1.165) is 12.1 Å². The SMILES string of the molecule is CCNC1COCC1C(=O)Cc1ccccc1. The fraction of sp³-hybridized carbons (Fsp3) is 0.500. The highest BCUT2D eigenvalue weighted by molar-refractivity contribution is 5.84. The van der Waals surface area contributed by atoms with E-state index < -0.39 is 0 Å². The molecule has 0 saturated carbocycles. The van der Waals surface area contributed by atoms with Gasteiger partial charge in [-0.25, -0.2) is 0 Å². The second-order valence-corrected chi connectivity index (χ2v) is 4.44. The maximum Gasteiger partial charge on any atom is 0.144 e. The van der Waals surface area contributed by atoms with Gasteiger partial charge < -0.3 is 10.1 Å². The molecule has 1 aromatic rings. The first-order valence-electron chi connectivity index (χ1n) is 6.19. The predicted molar refractivity (Wildman–Crippen MR) is 66.9 cm³/mol. The maximum atomic E-state index is 12.2. The summed E-state index contributed by atoms with van der Waals surface area (Å²) in [6.45, 7) is 4.14. The molecule has 0 bridgehead atoms. The fourth-order valence-corrected chi connectivity index (χ4v) is 2.26. The molecule has 1 aromatic carbocycles. The van der Waals surface area contributed by atoms with E-state index in [1.54, 1.807) is 0 Å². The first kappa shape index (κ1) is 12.3. The van der Waals surface area contributed by atoms with Gasteiger partial charge in [-0.3, -0.25) is 4.79 Å². The Hall–Kier alpha value is -1.19. The van der Waals surface area contributed by atoms with Crippen molar-refractivity contribution in [1.29, 1.82) is 0 Å². The van der Waals surface area contributed by atoms with Gasteiger partial charge in [0.2, 0.25) is 0 Å². The molecular weight excluding hydrogens is 214 g/mol. The van der Waals surface area contributed by atoms with E-state index in [9.17, 15) is 4.79 Å². The molecule has 1 fully saturated rings. The van der Waals surface area contributed by atoms with Crippen molar-refractivity contribution in [3.63, 3.8) is 0 Å². The topological polar surface area (TPSA) is 38.3 Å². The molecule has 2 unspecified atom stereocenters. The lowest BCUT2D eigenvalue weighted by Crippen LogP contribution is -2.39. The second-order valence-electron chi connectivity index (χ2n) is 4.44. The summed E-state index contributed by atoms with van der Waals surface area (Å²) in [6.07, 6.45) is 0.511. The first-order valence-corrected chi connectivity index (χ1v) is 6.19. The number of benzene rings is 1. The number of ketones is 1. The van der Waals surface area contributed by atoms with Gasteiger partial charge >= 0.3 is 0 Å². The summed E-state index contributed by atoms with van der Waals surface area (Å²) < 4.78 is 5.40. The summed E-state index contributed by atoms with van der Waals surface area (Å²) in [7, 11) is 0. The second kappa shape index (κ2) is 5.94. The Morgan fingerprint density at radius 3 is 2.82 bits per heavy atom. The maximum absolute atomic E-state index is 12.2. The van der Waals surface area contributed by atoms with Crippen LogP contribution in [0.25, 0.3) is 0 Å². The van der Waals surface area contributed by atoms with Gasteiger partial charge in [0, 0.05) is 12.5 Å². The lowest BCUT2D eigenvalue weighted by atomic mass is 9.94. The van der Waals surface area contributed by atoms with Crippen LogP contribution in [0.5, 0.6) is 0 Å². The highest BCUT2D eigenvalue weighted by Gasteiger charge is 2.32. The van der Waals surface area contributed by atoms with Crippen LogP contribution in [0.1, 0.15) is 12.5 Å². The Labute approximate surface area is 102 Å². The summed E-state index contributed by atoms with van der Waals surface area (Å²) in [4.78, 5) is 12.2. The van der Waals surface area contributed by atoms with Crippen LogP contribution in [-0.4, -0.2) is 31.6 Å². The smallest absolute Gasteiger partial charge is 0.144 e. The van der Waals surface area contributed by atoms with E-state index in [2.05, 4.69) is 12.2 Å². The lowest BCUT2D eigenvalue weighted by molar-refractivity contribution is -0.122. The molecule has 17 heavy (non-hydrogen) atoms. The minimum absolute atomic E-state index is 0.00940. The van der Waals surface area contributed by atoms with Crippen LogP contribution in [0, 0.1) is 5.92 Å². The molecule has 3 nitrogen and oxygen atoms in total. The van der Waals surface area contributed by atoms with E-state index in [4.69, 9.17) is 4.74 Å². The number of hydrogen-bond donors (Lipinski definition) is 1. The molecule has 0 aromatic heterocycles. The number of rotatable bonds is 5. The van der Waals surface area contributed by atoms with Crippen molar-refractivity contribution in [2.45, 2.75) is 19.4 Å². The van der Waals surface area contributed by atoms with Crippen molar-refractivity contribution in [2.75, 3.05) is 19.8 Å². The minimum Gasteiger partial charge on any atom is -0.379 e. The molecule has 1 aliphatic rings. The van der Waals surface area contributed by atoms with Crippen molar-refractivity contribution in [2.24, 2.45) is 5.92 Å². The fourth-order valence-electron chi connectivity index (χ4n) is 2.26. The van der Waals surface area contributed by atoms with Crippen molar-refractivity contribution < 1.29 is 9.53 Å². The Balaban J connectivity index is 1.95. The zero-order valence-electron chi connectivity index (χ0n) is 10.2. The molecule has 1 saturated heterocycles. The van der Waals surface area contributed by atoms with Gasteiger partial charge in [-0.15, -0.1) is 0 Å². The average molecular weight is 233 g/mol. The van der Waals surface area contributed by atoms with E-state index in [-0.39, 0.29) is 17.7 Å². The van der Waals surface area contributed by atoms with Crippen LogP contribution in [0.3, 0.4) is 0 Å². The largest absolute Gasteiger partial charge is 0.379 e. The zero-order valence-corrected chi connectivity index (χ0v) is 10.2. The van der Waals surface area contributed by atoms with Crippen LogP contribution in [-0.2, 0) is 16.0 Å². The third-order valence-corrected chi connectivity index (χ3v) is 3.18. The van der Waals surface area contributed by atoms with Crippen LogP contribution in [0.2, 0.25) is 0 Å². The number of hydrogen-bond acceptors (Lipinski definition) is 3. The molecule has 0 amide bonds. The monoisotopic (exact) mass is 233 g/mol. The number of likely N-dealkylation sites (N-methyl/N-ethyl adjacent to an activating group) is 1. The Morgan fingerprint density at radius 1 is 1.35 bits per heavy atom. The summed E-state index contributed by atoms with van der Waals surface area (Å²) in [5.41, 5.74) is 1.08. The Bertz CT molecular complexity index is 364. The van der Waals surface area contributed by atoms with Crippen LogP contribution in [0.4, 0.5) is 0 Å². The molecule has 1 aliphatic heterocycles. The summed E-state index contributed by atoms with van der Waals surface area (Å²) >= 11 is 0. The van der Waals surface area contributed by atoms with Gasteiger partial charge in [0.1, 0.15) is 5.78 Å². The quantitative estimate of drug-likeness (QED) is 0.836. The van der Waals surface area contributed by atoms with Gasteiger partial charge in [0.25, 0.3) is 0 Å². The third-order valence-electron chi connectivity index (χ3n) is 3.18. The molecule has 1 N–H and O–H groups in total. The van der Waals surface area contributed by atoms with Gasteiger partial charge in [-0.2, -0.15) is 0 Å². The van der Waals surface area contributed by atoms with E-state index in [1.807, 2.05) is 30.3 Å². The molecule has 92 valence electrons. The molecule has 0 radical (unpaired) electrons. The van der Waals surface area contributed by atoms with Crippen molar-refractivity contribution >= 4 is 5.78 Å². The van der Waals surface area contributed by atoms with Crippen LogP contribution >= 0.6 is 0 Å². The molecule has 2 rings (SSSR count). The Kier molecular flexibility index (Phi) is 4.29. The number of carbonyl (C=O) groups excluding carboxylic acids is 1. The number of Topliss-reactive ketones (excluding diaryl/α,β-unsaturated/α-hetero) is 1. The zero-order chi connectivity index (χ0) is 12.1. The predicted octanol–water partition coefficient (Wildman–Crippen LogP) is 1.42.